The molecule has 0 radical (unpaired) electrons. The zero-order chi connectivity index (χ0) is 16.1. The molecular weight excluding hydrogens is 274 g/mol. The van der Waals surface area contributed by atoms with Crippen molar-refractivity contribution < 1.29 is 9.69 Å². The first-order valence-corrected chi connectivity index (χ1v) is 8.34. The van der Waals surface area contributed by atoms with Gasteiger partial charge in [-0.15, -0.1) is 0 Å². The summed E-state index contributed by atoms with van der Waals surface area (Å²) in [6.45, 7) is 0.707. The van der Waals surface area contributed by atoms with E-state index in [9.17, 15) is 4.79 Å². The molecule has 2 N–H and O–H groups in total. The molecule has 122 valence electrons. The summed E-state index contributed by atoms with van der Waals surface area (Å²) < 4.78 is 0. The number of quaternary nitrogens is 1. The molecule has 0 aliphatic heterocycles. The smallest absolute Gasteiger partial charge is 0.223 e. The number of hydrogen-bond donors (Lipinski definition) is 2. The number of nitrogens with one attached hydrogen (secondary N) is 2. The van der Waals surface area contributed by atoms with Gasteiger partial charge in [-0.25, -0.2) is 0 Å². The minimum atomic E-state index is 0.244. The second kappa shape index (κ2) is 7.63. The lowest BCUT2D eigenvalue weighted by molar-refractivity contribution is -0.890. The van der Waals surface area contributed by atoms with Crippen LogP contribution in [0.5, 0.6) is 0 Å². The topological polar surface area (TPSA) is 36.8 Å². The summed E-state index contributed by atoms with van der Waals surface area (Å²) in [5.41, 5.74) is 2.48. The predicted octanol–water partition coefficient (Wildman–Crippen LogP) is 1.24. The zero-order valence-corrected chi connectivity index (χ0v) is 14.4. The maximum absolute atomic E-state index is 12.2. The minimum absolute atomic E-state index is 0.244. The van der Waals surface area contributed by atoms with Gasteiger partial charge in [0.05, 0.1) is 20.6 Å². The van der Waals surface area contributed by atoms with E-state index < -0.39 is 0 Å². The molecule has 22 heavy (non-hydrogen) atoms. The Bertz CT molecular complexity index is 476. The van der Waals surface area contributed by atoms with Gasteiger partial charge in [-0.3, -0.25) is 4.79 Å². The van der Waals surface area contributed by atoms with E-state index >= 15 is 0 Å². The normalized spacial score (nSPS) is 16.8. The van der Waals surface area contributed by atoms with Crippen LogP contribution < -0.4 is 15.1 Å². The maximum atomic E-state index is 12.2. The molecule has 1 aromatic rings. The first-order chi connectivity index (χ1) is 10.5. The molecule has 0 saturated heterocycles. The van der Waals surface area contributed by atoms with Crippen LogP contribution in [0.4, 0.5) is 5.69 Å². The molecule has 1 atom stereocenters. The first kappa shape index (κ1) is 16.8. The van der Waals surface area contributed by atoms with Crippen LogP contribution >= 0.6 is 0 Å². The molecule has 1 saturated carbocycles. The van der Waals surface area contributed by atoms with Crippen LogP contribution in [0, 0.1) is 5.92 Å². The van der Waals surface area contributed by atoms with Gasteiger partial charge in [-0.05, 0) is 25.0 Å². The van der Waals surface area contributed by atoms with Crippen molar-refractivity contribution in [1.29, 1.82) is 0 Å². The monoisotopic (exact) mass is 304 g/mol. The summed E-state index contributed by atoms with van der Waals surface area (Å²) in [5.74, 6) is 0.489. The Morgan fingerprint density at radius 3 is 2.32 bits per heavy atom. The number of rotatable bonds is 6. The fourth-order valence-corrected chi connectivity index (χ4v) is 3.20. The van der Waals surface area contributed by atoms with E-state index in [1.807, 2.05) is 14.1 Å². The molecule has 4 heteroatoms. The molecule has 1 fully saturated rings. The molecule has 2 rings (SSSR count). The fraction of sp³-hybridized carbons (Fsp3) is 0.611. The zero-order valence-electron chi connectivity index (χ0n) is 14.4. The van der Waals surface area contributed by atoms with Crippen molar-refractivity contribution >= 4 is 11.6 Å². The maximum Gasteiger partial charge on any atom is 0.223 e. The highest BCUT2D eigenvalue weighted by Gasteiger charge is 2.25. The number of likely N-dealkylation sites (N-methyl/N-ethyl adjacent to an activating group) is 1. The van der Waals surface area contributed by atoms with Crippen LogP contribution in [0.1, 0.15) is 37.3 Å². The number of amides is 1. The van der Waals surface area contributed by atoms with Crippen LogP contribution in [0.3, 0.4) is 0 Å². The summed E-state index contributed by atoms with van der Waals surface area (Å²) in [6, 6.07) is 8.93. The Morgan fingerprint density at radius 1 is 1.23 bits per heavy atom. The van der Waals surface area contributed by atoms with E-state index in [0.29, 0.717) is 12.6 Å². The first-order valence-electron chi connectivity index (χ1n) is 8.34. The van der Waals surface area contributed by atoms with Crippen LogP contribution in [0.2, 0.25) is 0 Å². The molecule has 0 spiro atoms. The van der Waals surface area contributed by atoms with Crippen molar-refractivity contribution in [3.63, 3.8) is 0 Å². The second-order valence-corrected chi connectivity index (χ2v) is 6.84. The number of anilines is 1. The third-order valence-electron chi connectivity index (χ3n) is 4.72. The number of benzene rings is 1. The average Bonchev–Trinajstić information content (AvgIpc) is 3.01. The number of nitrogens with zero attached hydrogens (tertiary/aromatic N) is 1. The molecule has 0 aromatic heterocycles. The van der Waals surface area contributed by atoms with Crippen LogP contribution in [0.15, 0.2) is 24.3 Å². The number of carbonyl (C=O) groups excluding carboxylic acids is 1. The number of hydrogen-bond acceptors (Lipinski definition) is 2. The van der Waals surface area contributed by atoms with E-state index in [1.54, 1.807) is 0 Å². The molecule has 0 heterocycles. The van der Waals surface area contributed by atoms with Crippen molar-refractivity contribution in [2.24, 2.45) is 5.92 Å². The fourth-order valence-electron chi connectivity index (χ4n) is 3.20. The Kier molecular flexibility index (Phi) is 5.83. The van der Waals surface area contributed by atoms with Crippen molar-refractivity contribution in [3.05, 3.63) is 29.8 Å². The lowest BCUT2D eigenvalue weighted by Crippen LogP contribution is -3.07. The lowest BCUT2D eigenvalue weighted by Gasteiger charge is -2.23. The average molecular weight is 304 g/mol. The SMILES string of the molecule is CN(C)c1ccc([C@@H](CNC(=O)C2CCCC2)[NH+](C)C)cc1. The second-order valence-electron chi connectivity index (χ2n) is 6.84. The Hall–Kier alpha value is -1.55. The highest BCUT2D eigenvalue weighted by molar-refractivity contribution is 5.78. The summed E-state index contributed by atoms with van der Waals surface area (Å²) in [5, 5.41) is 3.17. The predicted molar refractivity (Wildman–Crippen MR) is 91.3 cm³/mol. The van der Waals surface area contributed by atoms with Gasteiger partial charge in [0.15, 0.2) is 0 Å². The van der Waals surface area contributed by atoms with Gasteiger partial charge in [0, 0.05) is 31.3 Å². The molecular formula is C18H30N3O+. The summed E-state index contributed by atoms with van der Waals surface area (Å²) in [6.07, 6.45) is 4.52. The van der Waals surface area contributed by atoms with E-state index in [1.165, 1.54) is 29.0 Å². The molecule has 0 unspecified atom stereocenters. The largest absolute Gasteiger partial charge is 0.378 e. The van der Waals surface area contributed by atoms with Gasteiger partial charge in [-0.1, -0.05) is 25.0 Å². The summed E-state index contributed by atoms with van der Waals surface area (Å²) in [4.78, 5) is 15.7. The van der Waals surface area contributed by atoms with Gasteiger partial charge in [0.25, 0.3) is 0 Å². The van der Waals surface area contributed by atoms with E-state index in [2.05, 4.69) is 48.6 Å². The van der Waals surface area contributed by atoms with Crippen molar-refractivity contribution in [2.45, 2.75) is 31.7 Å². The van der Waals surface area contributed by atoms with Gasteiger partial charge >= 0.3 is 0 Å². The van der Waals surface area contributed by atoms with Crippen LogP contribution in [-0.4, -0.2) is 40.6 Å². The molecule has 1 aliphatic rings. The molecule has 4 nitrogen and oxygen atoms in total. The van der Waals surface area contributed by atoms with E-state index in [0.717, 1.165) is 12.8 Å². The highest BCUT2D eigenvalue weighted by Crippen LogP contribution is 2.24. The lowest BCUT2D eigenvalue weighted by atomic mass is 10.0. The molecule has 1 aromatic carbocycles. The van der Waals surface area contributed by atoms with Crippen molar-refractivity contribution in [3.8, 4) is 0 Å². The van der Waals surface area contributed by atoms with E-state index in [-0.39, 0.29) is 11.8 Å². The van der Waals surface area contributed by atoms with Gasteiger partial charge in [0.2, 0.25) is 5.91 Å². The highest BCUT2D eigenvalue weighted by atomic mass is 16.1. The summed E-state index contributed by atoms with van der Waals surface area (Å²) >= 11 is 0. The third kappa shape index (κ3) is 4.23. The minimum Gasteiger partial charge on any atom is -0.378 e. The number of carbonyl (C=O) groups is 1. The van der Waals surface area contributed by atoms with E-state index in [4.69, 9.17) is 0 Å². The van der Waals surface area contributed by atoms with Gasteiger partial charge < -0.3 is 15.1 Å². The molecule has 1 amide bonds. The van der Waals surface area contributed by atoms with Gasteiger partial charge in [-0.2, -0.15) is 0 Å². The molecule has 0 bridgehead atoms. The van der Waals surface area contributed by atoms with Crippen LogP contribution in [-0.2, 0) is 4.79 Å². The van der Waals surface area contributed by atoms with Crippen molar-refractivity contribution in [1.82, 2.24) is 5.32 Å². The Balaban J connectivity index is 1.98. The Morgan fingerprint density at radius 2 is 1.82 bits per heavy atom. The summed E-state index contributed by atoms with van der Waals surface area (Å²) in [7, 11) is 8.38. The van der Waals surface area contributed by atoms with Gasteiger partial charge in [0.1, 0.15) is 6.04 Å². The molecule has 1 aliphatic carbocycles. The standard InChI is InChI=1S/C18H29N3O/c1-20(2)16-11-9-14(10-12-16)17(21(3)4)13-19-18(22)15-7-5-6-8-15/h9-12,15,17H,5-8,13H2,1-4H3,(H,19,22)/p+1/t17-/m1/s1. The quantitative estimate of drug-likeness (QED) is 0.830. The van der Waals surface area contributed by atoms with Crippen LogP contribution in [0.25, 0.3) is 0 Å². The third-order valence-corrected chi connectivity index (χ3v) is 4.72. The Labute approximate surface area is 134 Å². The van der Waals surface area contributed by atoms with Crippen molar-refractivity contribution in [2.75, 3.05) is 39.6 Å².